The Morgan fingerprint density at radius 3 is 2.06 bits per heavy atom. The van der Waals surface area contributed by atoms with Gasteiger partial charge in [0.25, 0.3) is 0 Å². The molecule has 0 saturated carbocycles. The van der Waals surface area contributed by atoms with Gasteiger partial charge >= 0.3 is 0 Å². The summed E-state index contributed by atoms with van der Waals surface area (Å²) in [4.78, 5) is 6.58. The summed E-state index contributed by atoms with van der Waals surface area (Å²) in [6, 6.07) is 1.23. The largest absolute Gasteiger partial charge is 0.359 e. The van der Waals surface area contributed by atoms with Crippen LogP contribution in [0.2, 0.25) is 0 Å². The van der Waals surface area contributed by atoms with Gasteiger partial charge in [-0.15, -0.1) is 24.0 Å². The van der Waals surface area contributed by atoms with Crippen molar-refractivity contribution in [2.45, 2.75) is 46.2 Å². The lowest BCUT2D eigenvalue weighted by Crippen LogP contribution is -2.40. The van der Waals surface area contributed by atoms with E-state index in [9.17, 15) is 0 Å². The van der Waals surface area contributed by atoms with Gasteiger partial charge in [-0.25, -0.2) is 0 Å². The third-order valence-electron chi connectivity index (χ3n) is 2.67. The monoisotopic (exact) mass is 356 g/mol. The number of rotatable bonds is 6. The highest BCUT2D eigenvalue weighted by atomic mass is 127. The lowest BCUT2D eigenvalue weighted by molar-refractivity contribution is 0.173. The van der Waals surface area contributed by atoms with Crippen molar-refractivity contribution in [2.24, 2.45) is 4.99 Å². The second-order valence-electron chi connectivity index (χ2n) is 4.53. The Bertz CT molecular complexity index is 197. The molecule has 0 unspecified atom stereocenters. The summed E-state index contributed by atoms with van der Waals surface area (Å²) >= 11 is 0. The standard InChI is InChI=1S/C12H28N4.HI/c1-10(2)16(11(3)4)9-7-8-15-12(13-5)14-6;/h10-11H,7-9H2,1-6H3,(H2,13,14,15);1H. The summed E-state index contributed by atoms with van der Waals surface area (Å²) in [7, 11) is 3.66. The Kier molecular flexibility index (Phi) is 12.6. The molecular weight excluding hydrogens is 327 g/mol. The molecule has 0 amide bonds. The topological polar surface area (TPSA) is 39.7 Å². The van der Waals surface area contributed by atoms with Crippen molar-refractivity contribution in [2.75, 3.05) is 27.2 Å². The fraction of sp³-hybridized carbons (Fsp3) is 0.917. The Morgan fingerprint density at radius 1 is 1.18 bits per heavy atom. The molecule has 4 nitrogen and oxygen atoms in total. The lowest BCUT2D eigenvalue weighted by Gasteiger charge is -2.30. The van der Waals surface area contributed by atoms with E-state index in [1.165, 1.54) is 0 Å². The van der Waals surface area contributed by atoms with Gasteiger partial charge in [-0.05, 0) is 34.1 Å². The van der Waals surface area contributed by atoms with E-state index in [4.69, 9.17) is 0 Å². The molecule has 0 aliphatic heterocycles. The van der Waals surface area contributed by atoms with Crippen LogP contribution in [0.1, 0.15) is 34.1 Å². The predicted molar refractivity (Wildman–Crippen MR) is 87.4 cm³/mol. The predicted octanol–water partition coefficient (Wildman–Crippen LogP) is 1.91. The molecule has 0 atom stereocenters. The molecule has 0 spiro atoms. The minimum atomic E-state index is 0. The summed E-state index contributed by atoms with van der Waals surface area (Å²) in [5.41, 5.74) is 0. The van der Waals surface area contributed by atoms with Crippen LogP contribution in [-0.2, 0) is 0 Å². The van der Waals surface area contributed by atoms with Crippen molar-refractivity contribution in [1.82, 2.24) is 15.5 Å². The molecule has 0 rings (SSSR count). The second kappa shape index (κ2) is 11.1. The zero-order chi connectivity index (χ0) is 12.6. The maximum Gasteiger partial charge on any atom is 0.190 e. The first-order chi connectivity index (χ1) is 7.52. The van der Waals surface area contributed by atoms with Crippen molar-refractivity contribution in [3.8, 4) is 0 Å². The molecule has 0 radical (unpaired) electrons. The van der Waals surface area contributed by atoms with E-state index in [0.717, 1.165) is 25.5 Å². The molecule has 0 aliphatic carbocycles. The van der Waals surface area contributed by atoms with E-state index in [-0.39, 0.29) is 24.0 Å². The average molecular weight is 356 g/mol. The van der Waals surface area contributed by atoms with Crippen LogP contribution in [0.15, 0.2) is 4.99 Å². The van der Waals surface area contributed by atoms with Crippen molar-refractivity contribution in [3.05, 3.63) is 0 Å². The highest BCUT2D eigenvalue weighted by Gasteiger charge is 2.11. The molecule has 0 aromatic heterocycles. The molecule has 0 bridgehead atoms. The SMILES string of the molecule is CN=C(NC)NCCCN(C(C)C)C(C)C.I. The zero-order valence-electron chi connectivity index (χ0n) is 12.1. The fourth-order valence-electron chi connectivity index (χ4n) is 1.86. The summed E-state index contributed by atoms with van der Waals surface area (Å²) in [6.07, 6.45) is 1.14. The quantitative estimate of drug-likeness (QED) is 0.331. The van der Waals surface area contributed by atoms with Gasteiger partial charge < -0.3 is 10.6 Å². The van der Waals surface area contributed by atoms with Crippen LogP contribution in [0, 0.1) is 0 Å². The molecule has 0 heterocycles. The summed E-state index contributed by atoms with van der Waals surface area (Å²) in [5, 5.41) is 6.28. The minimum absolute atomic E-state index is 0. The van der Waals surface area contributed by atoms with E-state index in [1.54, 1.807) is 7.05 Å². The van der Waals surface area contributed by atoms with Crippen molar-refractivity contribution in [3.63, 3.8) is 0 Å². The zero-order valence-corrected chi connectivity index (χ0v) is 14.4. The van der Waals surface area contributed by atoms with Crippen LogP contribution in [0.4, 0.5) is 0 Å². The van der Waals surface area contributed by atoms with Crippen LogP contribution >= 0.6 is 24.0 Å². The molecular formula is C12H29IN4. The smallest absolute Gasteiger partial charge is 0.190 e. The first-order valence-corrected chi connectivity index (χ1v) is 6.17. The molecule has 104 valence electrons. The van der Waals surface area contributed by atoms with E-state index < -0.39 is 0 Å². The third kappa shape index (κ3) is 8.65. The highest BCUT2D eigenvalue weighted by Crippen LogP contribution is 2.04. The van der Waals surface area contributed by atoms with Crippen LogP contribution in [0.5, 0.6) is 0 Å². The molecule has 2 N–H and O–H groups in total. The molecule has 0 fully saturated rings. The van der Waals surface area contributed by atoms with Gasteiger partial charge in [-0.3, -0.25) is 9.89 Å². The van der Waals surface area contributed by atoms with Gasteiger partial charge in [0.2, 0.25) is 0 Å². The van der Waals surface area contributed by atoms with Crippen LogP contribution in [0.3, 0.4) is 0 Å². The molecule has 5 heteroatoms. The van der Waals surface area contributed by atoms with Crippen molar-refractivity contribution in [1.29, 1.82) is 0 Å². The summed E-state index contributed by atoms with van der Waals surface area (Å²) in [5.74, 6) is 0.862. The minimum Gasteiger partial charge on any atom is -0.359 e. The fourth-order valence-corrected chi connectivity index (χ4v) is 1.86. The second-order valence-corrected chi connectivity index (χ2v) is 4.53. The van der Waals surface area contributed by atoms with Crippen molar-refractivity contribution >= 4 is 29.9 Å². The first kappa shape index (κ1) is 19.3. The summed E-state index contributed by atoms with van der Waals surface area (Å²) < 4.78 is 0. The van der Waals surface area contributed by atoms with Crippen LogP contribution in [-0.4, -0.2) is 50.1 Å². The Hall–Kier alpha value is -0.0400. The number of hydrogen-bond donors (Lipinski definition) is 2. The van der Waals surface area contributed by atoms with E-state index in [1.807, 2.05) is 7.05 Å². The van der Waals surface area contributed by atoms with E-state index in [2.05, 4.69) is 48.2 Å². The number of aliphatic imine (C=N–C) groups is 1. The van der Waals surface area contributed by atoms with E-state index >= 15 is 0 Å². The van der Waals surface area contributed by atoms with Gasteiger partial charge in [-0.2, -0.15) is 0 Å². The van der Waals surface area contributed by atoms with Crippen LogP contribution in [0.25, 0.3) is 0 Å². The first-order valence-electron chi connectivity index (χ1n) is 6.17. The van der Waals surface area contributed by atoms with Crippen LogP contribution < -0.4 is 10.6 Å². The third-order valence-corrected chi connectivity index (χ3v) is 2.67. The molecule has 17 heavy (non-hydrogen) atoms. The van der Waals surface area contributed by atoms with Gasteiger partial charge in [0.1, 0.15) is 0 Å². The molecule has 0 aromatic carbocycles. The number of nitrogens with zero attached hydrogens (tertiary/aromatic N) is 2. The Balaban J connectivity index is 0. The molecule has 0 aliphatic rings. The average Bonchev–Trinajstić information content (AvgIpc) is 2.22. The maximum atomic E-state index is 4.07. The van der Waals surface area contributed by atoms with Gasteiger partial charge in [0.05, 0.1) is 0 Å². The molecule has 0 aromatic rings. The number of halogens is 1. The Morgan fingerprint density at radius 2 is 1.71 bits per heavy atom. The normalized spacial score (nSPS) is 11.9. The van der Waals surface area contributed by atoms with Crippen molar-refractivity contribution < 1.29 is 0 Å². The number of guanidine groups is 1. The molecule has 0 saturated heterocycles. The van der Waals surface area contributed by atoms with Gasteiger partial charge in [-0.1, -0.05) is 0 Å². The maximum absolute atomic E-state index is 4.07. The lowest BCUT2D eigenvalue weighted by atomic mass is 10.2. The summed E-state index contributed by atoms with van der Waals surface area (Å²) in [6.45, 7) is 11.1. The highest BCUT2D eigenvalue weighted by molar-refractivity contribution is 14.0. The number of nitrogens with one attached hydrogen (secondary N) is 2. The number of hydrogen-bond acceptors (Lipinski definition) is 2. The van der Waals surface area contributed by atoms with Gasteiger partial charge in [0, 0.05) is 39.3 Å². The Labute approximate surface area is 124 Å². The van der Waals surface area contributed by atoms with E-state index in [0.29, 0.717) is 12.1 Å². The van der Waals surface area contributed by atoms with Gasteiger partial charge in [0.15, 0.2) is 5.96 Å².